The molecule has 1 heterocycles. The molecule has 0 saturated heterocycles. The van der Waals surface area contributed by atoms with E-state index in [1.54, 1.807) is 13.3 Å². The van der Waals surface area contributed by atoms with Crippen LogP contribution in [0.15, 0.2) is 4.99 Å². The first-order valence-corrected chi connectivity index (χ1v) is 4.91. The fourth-order valence-electron chi connectivity index (χ4n) is 0.977. The SMILES string of the molecule is CC(C)CN=Cc1[nH]c(=S)n(C)c1O. The van der Waals surface area contributed by atoms with E-state index in [0.717, 1.165) is 6.54 Å². The molecule has 0 radical (unpaired) electrons. The minimum atomic E-state index is 0.127. The third-order valence-corrected chi connectivity index (χ3v) is 2.17. The summed E-state index contributed by atoms with van der Waals surface area (Å²) in [6.07, 6.45) is 1.62. The van der Waals surface area contributed by atoms with E-state index in [9.17, 15) is 5.11 Å². The van der Waals surface area contributed by atoms with Crippen molar-refractivity contribution in [2.24, 2.45) is 18.0 Å². The zero-order chi connectivity index (χ0) is 10.7. The molecule has 0 spiro atoms. The summed E-state index contributed by atoms with van der Waals surface area (Å²) in [5.41, 5.74) is 0.568. The molecule has 0 aliphatic rings. The Hall–Kier alpha value is -1.10. The summed E-state index contributed by atoms with van der Waals surface area (Å²) in [7, 11) is 1.70. The van der Waals surface area contributed by atoms with Crippen LogP contribution in [0.1, 0.15) is 19.5 Å². The molecule has 4 nitrogen and oxygen atoms in total. The van der Waals surface area contributed by atoms with Crippen LogP contribution >= 0.6 is 12.2 Å². The van der Waals surface area contributed by atoms with Crippen molar-refractivity contribution in [1.82, 2.24) is 9.55 Å². The predicted octanol–water partition coefficient (Wildman–Crippen LogP) is 1.86. The van der Waals surface area contributed by atoms with Gasteiger partial charge in [0.2, 0.25) is 5.88 Å². The van der Waals surface area contributed by atoms with Crippen LogP contribution < -0.4 is 0 Å². The number of hydrogen-bond acceptors (Lipinski definition) is 3. The molecule has 0 aliphatic heterocycles. The largest absolute Gasteiger partial charge is 0.493 e. The van der Waals surface area contributed by atoms with Gasteiger partial charge in [-0.05, 0) is 18.1 Å². The van der Waals surface area contributed by atoms with Crippen LogP contribution in [0.25, 0.3) is 0 Å². The second-order valence-electron chi connectivity index (χ2n) is 3.61. The van der Waals surface area contributed by atoms with E-state index >= 15 is 0 Å². The van der Waals surface area contributed by atoms with Crippen molar-refractivity contribution in [3.05, 3.63) is 10.5 Å². The lowest BCUT2D eigenvalue weighted by Crippen LogP contribution is -1.93. The van der Waals surface area contributed by atoms with Gasteiger partial charge in [0.25, 0.3) is 0 Å². The number of rotatable bonds is 3. The van der Waals surface area contributed by atoms with Gasteiger partial charge in [-0.25, -0.2) is 0 Å². The minimum absolute atomic E-state index is 0.127. The van der Waals surface area contributed by atoms with Crippen molar-refractivity contribution in [3.63, 3.8) is 0 Å². The zero-order valence-corrected chi connectivity index (χ0v) is 9.43. The van der Waals surface area contributed by atoms with Gasteiger partial charge in [-0.3, -0.25) is 9.56 Å². The lowest BCUT2D eigenvalue weighted by molar-refractivity contribution is 0.430. The van der Waals surface area contributed by atoms with Gasteiger partial charge in [0, 0.05) is 13.6 Å². The number of aliphatic imine (C=N–C) groups is 1. The average Bonchev–Trinajstić information content (AvgIpc) is 2.33. The second-order valence-corrected chi connectivity index (χ2v) is 4.00. The Labute approximate surface area is 88.3 Å². The number of aromatic hydroxyl groups is 1. The Bertz CT molecular complexity index is 389. The highest BCUT2D eigenvalue weighted by Gasteiger charge is 2.04. The first-order chi connectivity index (χ1) is 6.52. The van der Waals surface area contributed by atoms with E-state index in [4.69, 9.17) is 12.2 Å². The highest BCUT2D eigenvalue weighted by molar-refractivity contribution is 7.71. The monoisotopic (exact) mass is 213 g/mol. The topological polar surface area (TPSA) is 53.3 Å². The fourth-order valence-corrected chi connectivity index (χ4v) is 1.17. The smallest absolute Gasteiger partial charge is 0.219 e. The summed E-state index contributed by atoms with van der Waals surface area (Å²) < 4.78 is 2.00. The van der Waals surface area contributed by atoms with Crippen LogP contribution in [-0.4, -0.2) is 27.4 Å². The van der Waals surface area contributed by atoms with Crippen molar-refractivity contribution < 1.29 is 5.11 Å². The molecule has 0 atom stereocenters. The summed E-state index contributed by atoms with van der Waals surface area (Å²) in [5.74, 6) is 0.641. The van der Waals surface area contributed by atoms with Gasteiger partial charge >= 0.3 is 0 Å². The number of nitrogens with zero attached hydrogens (tertiary/aromatic N) is 2. The molecule has 14 heavy (non-hydrogen) atoms. The highest BCUT2D eigenvalue weighted by atomic mass is 32.1. The Morgan fingerprint density at radius 1 is 1.64 bits per heavy atom. The first-order valence-electron chi connectivity index (χ1n) is 4.50. The maximum atomic E-state index is 9.56. The molecule has 1 rings (SSSR count). The number of aromatic amines is 1. The van der Waals surface area contributed by atoms with Crippen LogP contribution in [0.2, 0.25) is 0 Å². The molecule has 5 heteroatoms. The van der Waals surface area contributed by atoms with E-state index in [0.29, 0.717) is 16.4 Å². The zero-order valence-electron chi connectivity index (χ0n) is 8.61. The van der Waals surface area contributed by atoms with Crippen LogP contribution in [0, 0.1) is 10.7 Å². The van der Waals surface area contributed by atoms with Crippen molar-refractivity contribution in [2.75, 3.05) is 6.54 Å². The summed E-state index contributed by atoms with van der Waals surface area (Å²) in [4.78, 5) is 7.05. The lowest BCUT2D eigenvalue weighted by Gasteiger charge is -1.96. The van der Waals surface area contributed by atoms with Gasteiger partial charge in [-0.15, -0.1) is 0 Å². The molecule has 78 valence electrons. The van der Waals surface area contributed by atoms with E-state index in [2.05, 4.69) is 23.8 Å². The average molecular weight is 213 g/mol. The van der Waals surface area contributed by atoms with Crippen LogP contribution in [0.4, 0.5) is 0 Å². The minimum Gasteiger partial charge on any atom is -0.493 e. The van der Waals surface area contributed by atoms with Gasteiger partial charge in [0.05, 0.1) is 6.21 Å². The van der Waals surface area contributed by atoms with E-state index in [1.165, 1.54) is 4.57 Å². The standard InChI is InChI=1S/C9H15N3OS/c1-6(2)4-10-5-7-8(13)12(3)9(14)11-7/h5-6,13H,4H2,1-3H3,(H,11,14). The molecular weight excluding hydrogens is 198 g/mol. The number of aromatic nitrogens is 2. The van der Waals surface area contributed by atoms with E-state index < -0.39 is 0 Å². The molecular formula is C9H15N3OS. The molecule has 0 amide bonds. The maximum Gasteiger partial charge on any atom is 0.219 e. The summed E-state index contributed by atoms with van der Waals surface area (Å²) in [6, 6.07) is 0. The van der Waals surface area contributed by atoms with Gasteiger partial charge in [-0.1, -0.05) is 13.8 Å². The molecule has 0 aliphatic carbocycles. The predicted molar refractivity (Wildman–Crippen MR) is 59.6 cm³/mol. The quantitative estimate of drug-likeness (QED) is 0.595. The number of nitrogens with one attached hydrogen (secondary N) is 1. The van der Waals surface area contributed by atoms with Crippen LogP contribution in [0.5, 0.6) is 5.88 Å². The van der Waals surface area contributed by atoms with Crippen LogP contribution in [0.3, 0.4) is 0 Å². The van der Waals surface area contributed by atoms with Crippen LogP contribution in [-0.2, 0) is 7.05 Å². The molecule has 0 unspecified atom stereocenters. The van der Waals surface area contributed by atoms with Crippen molar-refractivity contribution in [3.8, 4) is 5.88 Å². The number of hydrogen-bond donors (Lipinski definition) is 2. The van der Waals surface area contributed by atoms with Gasteiger partial charge in [-0.2, -0.15) is 0 Å². The lowest BCUT2D eigenvalue weighted by atomic mass is 10.2. The fraction of sp³-hybridized carbons (Fsp3) is 0.556. The van der Waals surface area contributed by atoms with Crippen molar-refractivity contribution >= 4 is 18.4 Å². The molecule has 0 saturated carbocycles. The summed E-state index contributed by atoms with van der Waals surface area (Å²) >= 11 is 4.95. The number of H-pyrrole nitrogens is 1. The third-order valence-electron chi connectivity index (χ3n) is 1.80. The molecule has 0 fully saturated rings. The molecule has 1 aromatic rings. The Kier molecular flexibility index (Phi) is 3.46. The van der Waals surface area contributed by atoms with Crippen molar-refractivity contribution in [1.29, 1.82) is 0 Å². The summed E-state index contributed by atoms with van der Waals surface area (Å²) in [5, 5.41) is 9.56. The van der Waals surface area contributed by atoms with Gasteiger partial charge < -0.3 is 10.1 Å². The first kappa shape index (κ1) is 11.0. The Balaban J connectivity index is 2.82. The Morgan fingerprint density at radius 3 is 2.71 bits per heavy atom. The normalized spacial score (nSPS) is 11.7. The second kappa shape index (κ2) is 4.41. The summed E-state index contributed by atoms with van der Waals surface area (Å²) in [6.45, 7) is 4.92. The third kappa shape index (κ3) is 2.45. The van der Waals surface area contributed by atoms with Crippen molar-refractivity contribution in [2.45, 2.75) is 13.8 Å². The molecule has 1 aromatic heterocycles. The molecule has 0 aromatic carbocycles. The van der Waals surface area contributed by atoms with Gasteiger partial charge in [0.1, 0.15) is 5.69 Å². The number of imidazole rings is 1. The molecule has 0 bridgehead atoms. The molecule has 2 N–H and O–H groups in total. The van der Waals surface area contributed by atoms with Gasteiger partial charge in [0.15, 0.2) is 4.77 Å². The van der Waals surface area contributed by atoms with E-state index in [-0.39, 0.29) is 5.88 Å². The Morgan fingerprint density at radius 2 is 2.29 bits per heavy atom. The maximum absolute atomic E-state index is 9.56. The van der Waals surface area contributed by atoms with E-state index in [1.807, 2.05) is 0 Å². The highest BCUT2D eigenvalue weighted by Crippen LogP contribution is 2.12.